The van der Waals surface area contributed by atoms with Gasteiger partial charge in [0.2, 0.25) is 0 Å². The van der Waals surface area contributed by atoms with Crippen molar-refractivity contribution < 1.29 is 33.0 Å². The number of ether oxygens (including phenoxy) is 2. The molecule has 0 radical (unpaired) electrons. The molecule has 0 N–H and O–H groups in total. The number of unbranched alkanes of at least 4 members (excludes halogenated alkanes) is 5. The molecule has 0 bridgehead atoms. The molecule has 5 nitrogen and oxygen atoms in total. The molecular weight excluding hydrogens is 576 g/mol. The number of carboxylic acids is 1. The lowest BCUT2D eigenvalue weighted by atomic mass is 10.1. The van der Waals surface area contributed by atoms with Gasteiger partial charge in [-0.1, -0.05) is 39.0 Å². The average Bonchev–Trinajstić information content (AvgIpc) is 2.56. The molecule has 1 aromatic rings. The molecule has 0 aromatic heterocycles. The van der Waals surface area contributed by atoms with Crippen LogP contribution in [-0.2, 0) is 9.53 Å². The van der Waals surface area contributed by atoms with Crippen molar-refractivity contribution in [2.45, 2.75) is 51.6 Å². The van der Waals surface area contributed by atoms with E-state index in [9.17, 15) is 23.5 Å². The molecule has 1 aromatic carbocycles. The Morgan fingerprint density at radius 2 is 1.62 bits per heavy atom. The molecule has 146 valence electrons. The summed E-state index contributed by atoms with van der Waals surface area (Å²) in [6.07, 6.45) is 1.91. The van der Waals surface area contributed by atoms with Crippen LogP contribution in [0.2, 0.25) is 0 Å². The Hall–Kier alpha value is -0.720. The third-order valence-electron chi connectivity index (χ3n) is 3.43. The predicted octanol–water partition coefficient (Wildman–Crippen LogP) is 4.13. The number of hydrogen-bond acceptors (Lipinski definition) is 5. The fourth-order valence-corrected chi connectivity index (χ4v) is 4.06. The number of rotatable bonds is 11. The Kier molecular flexibility index (Phi) is 10.0. The number of carboxylic acid groups (broad SMARTS) is 1. The van der Waals surface area contributed by atoms with Crippen LogP contribution in [0.25, 0.3) is 0 Å². The lowest BCUT2D eigenvalue weighted by molar-refractivity contribution is -0.350. The zero-order valence-corrected chi connectivity index (χ0v) is 18.5. The van der Waals surface area contributed by atoms with Crippen LogP contribution in [0.4, 0.5) is 8.78 Å². The summed E-state index contributed by atoms with van der Waals surface area (Å²) < 4.78 is 36.1. The van der Waals surface area contributed by atoms with Crippen LogP contribution in [-0.4, -0.2) is 24.7 Å². The van der Waals surface area contributed by atoms with Gasteiger partial charge in [0.05, 0.1) is 19.3 Å². The lowest BCUT2D eigenvalue weighted by Crippen LogP contribution is -2.46. The maximum absolute atomic E-state index is 13.2. The molecule has 9 heteroatoms. The van der Waals surface area contributed by atoms with Crippen molar-refractivity contribution >= 4 is 57.1 Å². The van der Waals surface area contributed by atoms with Crippen molar-refractivity contribution in [1.82, 2.24) is 0 Å². The van der Waals surface area contributed by atoms with E-state index in [-0.39, 0.29) is 18.5 Å². The number of halogens is 4. The molecule has 0 amide bonds. The molecule has 0 saturated carbocycles. The smallest absolute Gasteiger partial charge is 0.441 e. The van der Waals surface area contributed by atoms with Crippen molar-refractivity contribution in [3.63, 3.8) is 0 Å². The SMILES string of the molecule is CCCCCCCCOC(=O)c1cc(I)c(OC(F)(F)C(=O)[O-])c(I)c1. The van der Waals surface area contributed by atoms with Crippen LogP contribution < -0.4 is 9.84 Å². The van der Waals surface area contributed by atoms with Crippen LogP contribution in [0, 0.1) is 7.14 Å². The third kappa shape index (κ3) is 7.49. The molecule has 26 heavy (non-hydrogen) atoms. The summed E-state index contributed by atoms with van der Waals surface area (Å²) in [6.45, 7) is 2.43. The Labute approximate surface area is 178 Å². The largest absolute Gasteiger partial charge is 0.541 e. The molecular formula is C17H19F2I2O5-. The summed E-state index contributed by atoms with van der Waals surface area (Å²) in [5.41, 5.74) is 0.189. The first kappa shape index (κ1) is 23.3. The van der Waals surface area contributed by atoms with E-state index in [4.69, 9.17) is 4.74 Å². The van der Waals surface area contributed by atoms with E-state index in [1.54, 1.807) is 45.2 Å². The van der Waals surface area contributed by atoms with Gasteiger partial charge in [-0.3, -0.25) is 0 Å². The fraction of sp³-hybridized carbons (Fsp3) is 0.529. The normalized spacial score (nSPS) is 11.3. The first-order chi connectivity index (χ1) is 12.2. The molecule has 0 aliphatic heterocycles. The summed E-state index contributed by atoms with van der Waals surface area (Å²) in [7, 11) is 0. The van der Waals surface area contributed by atoms with Crippen molar-refractivity contribution in [1.29, 1.82) is 0 Å². The summed E-state index contributed by atoms with van der Waals surface area (Å²) in [5.74, 6) is -3.52. The maximum atomic E-state index is 13.2. The Bertz CT molecular complexity index is 615. The average molecular weight is 595 g/mol. The van der Waals surface area contributed by atoms with Gasteiger partial charge in [0, 0.05) is 0 Å². The summed E-state index contributed by atoms with van der Waals surface area (Å²) in [4.78, 5) is 22.5. The minimum Gasteiger partial charge on any atom is -0.541 e. The number of esters is 1. The van der Waals surface area contributed by atoms with Gasteiger partial charge in [-0.25, -0.2) is 4.79 Å². The van der Waals surface area contributed by atoms with Gasteiger partial charge in [0.25, 0.3) is 0 Å². The van der Waals surface area contributed by atoms with E-state index in [2.05, 4.69) is 11.7 Å². The molecule has 0 heterocycles. The van der Waals surface area contributed by atoms with E-state index < -0.39 is 18.0 Å². The monoisotopic (exact) mass is 595 g/mol. The lowest BCUT2D eigenvalue weighted by Gasteiger charge is -2.20. The van der Waals surface area contributed by atoms with E-state index in [1.165, 1.54) is 31.4 Å². The van der Waals surface area contributed by atoms with Gasteiger partial charge >= 0.3 is 12.1 Å². The molecule has 0 unspecified atom stereocenters. The summed E-state index contributed by atoms with van der Waals surface area (Å²) in [5, 5.41) is 10.4. The second-order valence-corrected chi connectivity index (χ2v) is 7.90. The van der Waals surface area contributed by atoms with Gasteiger partial charge < -0.3 is 19.4 Å². The van der Waals surface area contributed by atoms with Gasteiger partial charge in [-0.05, 0) is 63.7 Å². The molecule has 1 rings (SSSR count). The highest BCUT2D eigenvalue weighted by Crippen LogP contribution is 2.33. The highest BCUT2D eigenvalue weighted by atomic mass is 127. The second kappa shape index (κ2) is 11.2. The molecule has 0 atom stereocenters. The predicted molar refractivity (Wildman–Crippen MR) is 106 cm³/mol. The first-order valence-electron chi connectivity index (χ1n) is 8.13. The Morgan fingerprint density at radius 1 is 1.08 bits per heavy atom. The van der Waals surface area contributed by atoms with Gasteiger partial charge in [0.15, 0.2) is 11.7 Å². The zero-order chi connectivity index (χ0) is 19.7. The summed E-state index contributed by atoms with van der Waals surface area (Å²) >= 11 is 3.38. The van der Waals surface area contributed by atoms with E-state index in [1.807, 2.05) is 0 Å². The maximum Gasteiger partial charge on any atom is 0.441 e. The molecule has 0 spiro atoms. The van der Waals surface area contributed by atoms with E-state index in [0.29, 0.717) is 6.61 Å². The third-order valence-corrected chi connectivity index (χ3v) is 5.04. The van der Waals surface area contributed by atoms with Crippen molar-refractivity contribution in [2.75, 3.05) is 6.61 Å². The zero-order valence-electron chi connectivity index (χ0n) is 14.2. The number of aliphatic carboxylic acids is 1. The Morgan fingerprint density at radius 3 is 2.15 bits per heavy atom. The molecule has 0 fully saturated rings. The number of carbonyl (C=O) groups is 2. The fourth-order valence-electron chi connectivity index (χ4n) is 2.08. The van der Waals surface area contributed by atoms with E-state index >= 15 is 0 Å². The number of hydrogen-bond donors (Lipinski definition) is 0. The first-order valence-corrected chi connectivity index (χ1v) is 10.3. The van der Waals surface area contributed by atoms with Crippen molar-refractivity contribution in [3.05, 3.63) is 24.8 Å². The van der Waals surface area contributed by atoms with Gasteiger partial charge in [0.1, 0.15) is 0 Å². The number of alkyl halides is 2. The number of carbonyl (C=O) groups excluding carboxylic acids is 2. The van der Waals surface area contributed by atoms with Crippen LogP contribution in [0.1, 0.15) is 55.8 Å². The van der Waals surface area contributed by atoms with Crippen LogP contribution in [0.15, 0.2) is 12.1 Å². The molecule has 0 aliphatic rings. The topological polar surface area (TPSA) is 75.7 Å². The quantitative estimate of drug-likeness (QED) is 0.219. The summed E-state index contributed by atoms with van der Waals surface area (Å²) in [6, 6.07) is 2.62. The highest BCUT2D eigenvalue weighted by molar-refractivity contribution is 14.1. The van der Waals surface area contributed by atoms with Gasteiger partial charge in [-0.15, -0.1) is 0 Å². The van der Waals surface area contributed by atoms with Crippen molar-refractivity contribution in [2.24, 2.45) is 0 Å². The standard InChI is InChI=1S/C17H20F2I2O5/c1-2-3-4-5-6-7-8-25-15(22)11-9-12(20)14(13(21)10-11)26-17(18,19)16(23)24/h9-10H,2-8H2,1H3,(H,23,24)/p-1. The molecule has 0 aliphatic carbocycles. The highest BCUT2D eigenvalue weighted by Gasteiger charge is 2.35. The van der Waals surface area contributed by atoms with Crippen molar-refractivity contribution in [3.8, 4) is 5.75 Å². The second-order valence-electron chi connectivity index (χ2n) is 5.58. The van der Waals surface area contributed by atoms with Crippen LogP contribution in [0.5, 0.6) is 5.75 Å². The number of benzene rings is 1. The molecule has 0 saturated heterocycles. The Balaban J connectivity index is 2.63. The van der Waals surface area contributed by atoms with E-state index in [0.717, 1.165) is 19.3 Å². The minimum absolute atomic E-state index is 0.168. The van der Waals surface area contributed by atoms with Crippen LogP contribution >= 0.6 is 45.2 Å². The minimum atomic E-state index is -4.46. The van der Waals surface area contributed by atoms with Gasteiger partial charge in [-0.2, -0.15) is 8.78 Å². The van der Waals surface area contributed by atoms with Crippen LogP contribution in [0.3, 0.4) is 0 Å².